The number of anilines is 2. The van der Waals surface area contributed by atoms with Gasteiger partial charge in [0.25, 0.3) is 5.91 Å². The summed E-state index contributed by atoms with van der Waals surface area (Å²) >= 11 is 3.46. The largest absolute Gasteiger partial charge is 0.459 e. The minimum Gasteiger partial charge on any atom is -0.459 e. The molecule has 0 radical (unpaired) electrons. The molecule has 33 heavy (non-hydrogen) atoms. The van der Waals surface area contributed by atoms with Gasteiger partial charge in [0.2, 0.25) is 5.91 Å². The smallest absolute Gasteiger partial charge is 0.338 e. The highest BCUT2D eigenvalue weighted by Crippen LogP contribution is 2.25. The normalized spacial score (nSPS) is 10.5. The Morgan fingerprint density at radius 2 is 1.45 bits per heavy atom. The number of aryl methyl sites for hydroxylation is 2. The lowest BCUT2D eigenvalue weighted by Gasteiger charge is -2.10. The number of esters is 2. The fourth-order valence-electron chi connectivity index (χ4n) is 2.84. The maximum Gasteiger partial charge on any atom is 0.338 e. The van der Waals surface area contributed by atoms with Crippen molar-refractivity contribution in [1.29, 1.82) is 0 Å². The highest BCUT2D eigenvalue weighted by molar-refractivity contribution is 9.10. The molecule has 2 amide bonds. The number of carbonyl (C=O) groups is 4. The fourth-order valence-corrected chi connectivity index (χ4v) is 3.07. The number of amides is 2. The van der Waals surface area contributed by atoms with Gasteiger partial charge in [-0.1, -0.05) is 15.9 Å². The molecule has 2 aromatic carbocycles. The summed E-state index contributed by atoms with van der Waals surface area (Å²) in [7, 11) is 0. The van der Waals surface area contributed by atoms with Crippen LogP contribution in [0.1, 0.15) is 48.2 Å². The van der Waals surface area contributed by atoms with E-state index in [0.717, 1.165) is 15.6 Å². The summed E-state index contributed by atoms with van der Waals surface area (Å²) in [5.74, 6) is -1.96. The third-order valence-electron chi connectivity index (χ3n) is 4.39. The summed E-state index contributed by atoms with van der Waals surface area (Å²) in [5, 5.41) is 5.31. The second kappa shape index (κ2) is 12.2. The fraction of sp³-hybridized carbons (Fsp3) is 0.333. The Morgan fingerprint density at radius 3 is 2.03 bits per heavy atom. The van der Waals surface area contributed by atoms with E-state index >= 15 is 0 Å². The van der Waals surface area contributed by atoms with Crippen molar-refractivity contribution in [3.63, 3.8) is 0 Å². The van der Waals surface area contributed by atoms with Gasteiger partial charge in [-0.2, -0.15) is 0 Å². The van der Waals surface area contributed by atoms with Crippen molar-refractivity contribution in [1.82, 2.24) is 0 Å². The molecule has 0 aliphatic heterocycles. The molecule has 0 saturated carbocycles. The summed E-state index contributed by atoms with van der Waals surface area (Å²) in [5.41, 5.74) is 3.40. The van der Waals surface area contributed by atoms with Gasteiger partial charge >= 0.3 is 11.9 Å². The number of rotatable bonds is 9. The van der Waals surface area contributed by atoms with Crippen molar-refractivity contribution in [2.45, 2.75) is 46.6 Å². The molecule has 8 nitrogen and oxygen atoms in total. The van der Waals surface area contributed by atoms with Crippen molar-refractivity contribution in [2.75, 3.05) is 17.2 Å². The first-order chi connectivity index (χ1) is 15.5. The molecular formula is C24H27BrN2O6. The molecule has 0 aliphatic carbocycles. The van der Waals surface area contributed by atoms with E-state index in [-0.39, 0.29) is 18.9 Å². The summed E-state index contributed by atoms with van der Waals surface area (Å²) < 4.78 is 11.0. The zero-order valence-corrected chi connectivity index (χ0v) is 20.6. The van der Waals surface area contributed by atoms with Crippen LogP contribution in [-0.4, -0.2) is 36.5 Å². The van der Waals surface area contributed by atoms with Crippen molar-refractivity contribution < 1.29 is 28.7 Å². The highest BCUT2D eigenvalue weighted by Gasteiger charge is 2.13. The first kappa shape index (κ1) is 26.1. The summed E-state index contributed by atoms with van der Waals surface area (Å²) in [6.07, 6.45) is -0.506. The zero-order valence-electron chi connectivity index (χ0n) is 19.0. The SMILES string of the molecule is Cc1cc(NC(=O)COC(=O)CCC(=O)Nc2ccc(C(=O)OC(C)C)cc2)cc(C)c1Br. The van der Waals surface area contributed by atoms with Gasteiger partial charge in [-0.3, -0.25) is 14.4 Å². The Bertz CT molecular complexity index is 1010. The number of ether oxygens (including phenoxy) is 2. The average Bonchev–Trinajstić information content (AvgIpc) is 2.74. The van der Waals surface area contributed by atoms with Gasteiger partial charge in [-0.15, -0.1) is 0 Å². The summed E-state index contributed by atoms with van der Waals surface area (Å²) in [6, 6.07) is 9.84. The van der Waals surface area contributed by atoms with Crippen LogP contribution in [0.15, 0.2) is 40.9 Å². The van der Waals surface area contributed by atoms with E-state index in [2.05, 4.69) is 26.6 Å². The average molecular weight is 519 g/mol. The second-order valence-corrected chi connectivity index (χ2v) is 8.51. The molecule has 0 heterocycles. The quantitative estimate of drug-likeness (QED) is 0.471. The first-order valence-corrected chi connectivity index (χ1v) is 11.2. The van der Waals surface area contributed by atoms with Gasteiger partial charge in [-0.05, 0) is 75.2 Å². The van der Waals surface area contributed by atoms with E-state index in [4.69, 9.17) is 9.47 Å². The minimum absolute atomic E-state index is 0.108. The molecule has 0 spiro atoms. The number of nitrogens with one attached hydrogen (secondary N) is 2. The monoisotopic (exact) mass is 518 g/mol. The van der Waals surface area contributed by atoms with Crippen molar-refractivity contribution >= 4 is 51.1 Å². The van der Waals surface area contributed by atoms with Crippen LogP contribution in [0.5, 0.6) is 0 Å². The Kier molecular flexibility index (Phi) is 9.59. The van der Waals surface area contributed by atoms with Gasteiger partial charge in [0.1, 0.15) is 0 Å². The molecule has 0 aliphatic rings. The molecule has 2 N–H and O–H groups in total. The maximum absolute atomic E-state index is 12.1. The van der Waals surface area contributed by atoms with E-state index in [9.17, 15) is 19.2 Å². The molecule has 2 rings (SSSR count). The Hall–Kier alpha value is -3.20. The van der Waals surface area contributed by atoms with Crippen LogP contribution >= 0.6 is 15.9 Å². The van der Waals surface area contributed by atoms with E-state index in [1.807, 2.05) is 13.8 Å². The van der Waals surface area contributed by atoms with Crippen molar-refractivity contribution in [3.8, 4) is 0 Å². The molecule has 176 valence electrons. The van der Waals surface area contributed by atoms with Crippen LogP contribution < -0.4 is 10.6 Å². The molecule has 2 aromatic rings. The summed E-state index contributed by atoms with van der Waals surface area (Å²) in [6.45, 7) is 6.89. The molecule has 0 atom stereocenters. The van der Waals surface area contributed by atoms with Crippen LogP contribution in [0, 0.1) is 13.8 Å². The van der Waals surface area contributed by atoms with Crippen molar-refractivity contribution in [3.05, 3.63) is 57.6 Å². The number of benzene rings is 2. The van der Waals surface area contributed by atoms with Gasteiger partial charge in [0.15, 0.2) is 6.61 Å². The lowest BCUT2D eigenvalue weighted by atomic mass is 10.1. The first-order valence-electron chi connectivity index (χ1n) is 10.4. The lowest BCUT2D eigenvalue weighted by molar-refractivity contribution is -0.147. The molecule has 0 saturated heterocycles. The minimum atomic E-state index is -0.657. The van der Waals surface area contributed by atoms with E-state index in [0.29, 0.717) is 16.9 Å². The van der Waals surface area contributed by atoms with Gasteiger partial charge < -0.3 is 20.1 Å². The predicted octanol–water partition coefficient (Wildman–Crippen LogP) is 4.53. The maximum atomic E-state index is 12.1. The van der Waals surface area contributed by atoms with E-state index < -0.39 is 30.4 Å². The van der Waals surface area contributed by atoms with Crippen molar-refractivity contribution in [2.24, 2.45) is 0 Å². The topological polar surface area (TPSA) is 111 Å². The van der Waals surface area contributed by atoms with E-state index in [1.54, 1.807) is 50.2 Å². The van der Waals surface area contributed by atoms with Gasteiger partial charge in [0.05, 0.1) is 18.1 Å². The molecule has 0 fully saturated rings. The molecular weight excluding hydrogens is 492 g/mol. The summed E-state index contributed by atoms with van der Waals surface area (Å²) in [4.78, 5) is 47.8. The molecule has 9 heteroatoms. The standard InChI is InChI=1S/C24H27BrN2O6/c1-14(2)33-24(31)17-5-7-18(8-6-17)26-20(28)9-10-22(30)32-13-21(29)27-19-11-15(3)23(25)16(4)12-19/h5-8,11-12,14H,9-10,13H2,1-4H3,(H,26,28)(H,27,29). The van der Waals surface area contributed by atoms with Crippen LogP contribution in [0.4, 0.5) is 11.4 Å². The highest BCUT2D eigenvalue weighted by atomic mass is 79.9. The van der Waals surface area contributed by atoms with Gasteiger partial charge in [0, 0.05) is 22.3 Å². The van der Waals surface area contributed by atoms with Crippen LogP contribution in [0.2, 0.25) is 0 Å². The number of hydrogen-bond acceptors (Lipinski definition) is 6. The Morgan fingerprint density at radius 1 is 0.879 bits per heavy atom. The number of carbonyl (C=O) groups excluding carboxylic acids is 4. The third kappa shape index (κ3) is 8.69. The van der Waals surface area contributed by atoms with Gasteiger partial charge in [-0.25, -0.2) is 4.79 Å². The van der Waals surface area contributed by atoms with Crippen LogP contribution in [-0.2, 0) is 23.9 Å². The van der Waals surface area contributed by atoms with Crippen LogP contribution in [0.25, 0.3) is 0 Å². The van der Waals surface area contributed by atoms with Crippen LogP contribution in [0.3, 0.4) is 0 Å². The Balaban J connectivity index is 1.73. The predicted molar refractivity (Wildman–Crippen MR) is 128 cm³/mol. The number of halogens is 1. The third-order valence-corrected chi connectivity index (χ3v) is 5.64. The Labute approximate surface area is 201 Å². The second-order valence-electron chi connectivity index (χ2n) is 7.71. The van der Waals surface area contributed by atoms with E-state index in [1.165, 1.54) is 0 Å². The molecule has 0 unspecified atom stereocenters. The molecule has 0 bridgehead atoms. The zero-order chi connectivity index (χ0) is 24.5. The molecule has 0 aromatic heterocycles. The number of hydrogen-bond donors (Lipinski definition) is 2. The lowest BCUT2D eigenvalue weighted by Crippen LogP contribution is -2.22.